The molecule has 3 heterocycles. The van der Waals surface area contributed by atoms with Crippen LogP contribution in [0.4, 0.5) is 0 Å². The van der Waals surface area contributed by atoms with Crippen molar-refractivity contribution in [3.8, 4) is 0 Å². The number of halogens is 1. The highest BCUT2D eigenvalue weighted by molar-refractivity contribution is 6.31. The lowest BCUT2D eigenvalue weighted by molar-refractivity contribution is 0.0728. The molecule has 25 heavy (non-hydrogen) atoms. The van der Waals surface area contributed by atoms with Gasteiger partial charge in [0.15, 0.2) is 0 Å². The van der Waals surface area contributed by atoms with Gasteiger partial charge in [-0.1, -0.05) is 29.8 Å². The van der Waals surface area contributed by atoms with Crippen LogP contribution in [-0.4, -0.2) is 27.3 Å². The minimum Gasteiger partial charge on any atom is -0.357 e. The Morgan fingerprint density at radius 1 is 1.04 bits per heavy atom. The van der Waals surface area contributed by atoms with Crippen molar-refractivity contribution in [3.63, 3.8) is 0 Å². The second kappa shape index (κ2) is 5.39. The van der Waals surface area contributed by atoms with E-state index in [2.05, 4.69) is 28.2 Å². The third-order valence-corrected chi connectivity index (χ3v) is 5.22. The monoisotopic (exact) mass is 349 g/mol. The van der Waals surface area contributed by atoms with Crippen molar-refractivity contribution in [1.82, 2.24) is 14.9 Å². The molecule has 1 amide bonds. The van der Waals surface area contributed by atoms with Gasteiger partial charge in [0, 0.05) is 39.1 Å². The predicted molar refractivity (Wildman–Crippen MR) is 100 cm³/mol. The third-order valence-electron chi connectivity index (χ3n) is 4.98. The molecular formula is C20H16ClN3O. The van der Waals surface area contributed by atoms with Crippen LogP contribution < -0.4 is 0 Å². The molecule has 0 spiro atoms. The number of rotatable bonds is 1. The number of para-hydroxylation sites is 1. The van der Waals surface area contributed by atoms with Crippen molar-refractivity contribution in [2.45, 2.75) is 13.0 Å². The molecule has 1 aliphatic heterocycles. The zero-order valence-electron chi connectivity index (χ0n) is 13.5. The van der Waals surface area contributed by atoms with Crippen molar-refractivity contribution in [1.29, 1.82) is 0 Å². The van der Waals surface area contributed by atoms with Gasteiger partial charge in [0.05, 0.1) is 6.54 Å². The summed E-state index contributed by atoms with van der Waals surface area (Å²) in [4.78, 5) is 21.5. The van der Waals surface area contributed by atoms with E-state index < -0.39 is 0 Å². The molecule has 2 aromatic heterocycles. The van der Waals surface area contributed by atoms with Gasteiger partial charge < -0.3 is 14.9 Å². The summed E-state index contributed by atoms with van der Waals surface area (Å²) in [6, 6.07) is 15.8. The Hall–Kier alpha value is -2.72. The molecule has 0 unspecified atom stereocenters. The third kappa shape index (κ3) is 2.33. The van der Waals surface area contributed by atoms with Gasteiger partial charge in [0.1, 0.15) is 5.69 Å². The first-order valence-electron chi connectivity index (χ1n) is 8.35. The van der Waals surface area contributed by atoms with E-state index in [4.69, 9.17) is 11.6 Å². The van der Waals surface area contributed by atoms with E-state index in [0.717, 1.165) is 35.1 Å². The fourth-order valence-electron chi connectivity index (χ4n) is 3.76. The van der Waals surface area contributed by atoms with Gasteiger partial charge in [0.2, 0.25) is 0 Å². The summed E-state index contributed by atoms with van der Waals surface area (Å²) in [6.07, 6.45) is 0.872. The van der Waals surface area contributed by atoms with Gasteiger partial charge in [-0.05, 0) is 42.3 Å². The number of nitrogens with zero attached hydrogens (tertiary/aromatic N) is 1. The molecule has 0 saturated carbocycles. The van der Waals surface area contributed by atoms with E-state index in [0.29, 0.717) is 17.3 Å². The zero-order valence-corrected chi connectivity index (χ0v) is 14.2. The van der Waals surface area contributed by atoms with Gasteiger partial charge in [-0.3, -0.25) is 4.79 Å². The van der Waals surface area contributed by atoms with E-state index in [-0.39, 0.29) is 5.91 Å². The first-order valence-corrected chi connectivity index (χ1v) is 8.73. The molecule has 4 aromatic rings. The molecule has 0 saturated heterocycles. The minimum atomic E-state index is 0.0247. The van der Waals surface area contributed by atoms with Crippen molar-refractivity contribution < 1.29 is 4.79 Å². The van der Waals surface area contributed by atoms with Crippen molar-refractivity contribution >= 4 is 39.3 Å². The minimum absolute atomic E-state index is 0.0247. The van der Waals surface area contributed by atoms with Gasteiger partial charge in [0.25, 0.3) is 5.91 Å². The molecule has 5 rings (SSSR count). The Bertz CT molecular complexity index is 1120. The fraction of sp³-hybridized carbons (Fsp3) is 0.150. The number of benzene rings is 2. The molecule has 2 N–H and O–H groups in total. The van der Waals surface area contributed by atoms with Crippen LogP contribution >= 0.6 is 11.6 Å². The molecule has 4 nitrogen and oxygen atoms in total. The summed E-state index contributed by atoms with van der Waals surface area (Å²) in [5.74, 6) is 0.0247. The lowest BCUT2D eigenvalue weighted by Gasteiger charge is -2.26. The number of nitrogens with one attached hydrogen (secondary N) is 2. The van der Waals surface area contributed by atoms with Crippen molar-refractivity contribution in [3.05, 3.63) is 70.5 Å². The highest BCUT2D eigenvalue weighted by Crippen LogP contribution is 2.28. The molecule has 1 aliphatic rings. The number of aromatic amines is 2. The van der Waals surface area contributed by atoms with E-state index >= 15 is 0 Å². The van der Waals surface area contributed by atoms with Crippen molar-refractivity contribution in [2.75, 3.05) is 6.54 Å². The highest BCUT2D eigenvalue weighted by atomic mass is 35.5. The molecule has 124 valence electrons. The molecule has 0 atom stereocenters. The Morgan fingerprint density at radius 2 is 1.92 bits per heavy atom. The lowest BCUT2D eigenvalue weighted by Crippen LogP contribution is -2.36. The highest BCUT2D eigenvalue weighted by Gasteiger charge is 2.25. The van der Waals surface area contributed by atoms with Crippen LogP contribution in [0.1, 0.15) is 21.7 Å². The summed E-state index contributed by atoms with van der Waals surface area (Å²) in [5.41, 5.74) is 5.15. The first-order chi connectivity index (χ1) is 12.2. The van der Waals surface area contributed by atoms with E-state index in [1.54, 1.807) is 0 Å². The van der Waals surface area contributed by atoms with Crippen LogP contribution in [0.5, 0.6) is 0 Å². The van der Waals surface area contributed by atoms with Crippen molar-refractivity contribution in [2.24, 2.45) is 0 Å². The number of amides is 1. The molecule has 0 aliphatic carbocycles. The van der Waals surface area contributed by atoms with Crippen LogP contribution in [-0.2, 0) is 13.0 Å². The maximum Gasteiger partial charge on any atom is 0.270 e. The normalized spacial score (nSPS) is 14.2. The number of H-pyrrole nitrogens is 2. The average Bonchev–Trinajstić information content (AvgIpc) is 3.21. The van der Waals surface area contributed by atoms with Gasteiger partial charge in [-0.25, -0.2) is 0 Å². The largest absolute Gasteiger partial charge is 0.357 e. The Morgan fingerprint density at radius 3 is 2.84 bits per heavy atom. The SMILES string of the molecule is O=C(c1cc2cc(Cl)ccc2[nH]1)N1CCc2c([nH]c3ccccc23)C1. The maximum absolute atomic E-state index is 12.9. The van der Waals surface area contributed by atoms with Crippen LogP contribution in [0, 0.1) is 0 Å². The predicted octanol–water partition coefficient (Wildman–Crippen LogP) is 4.50. The molecule has 0 radical (unpaired) electrons. The fourth-order valence-corrected chi connectivity index (χ4v) is 3.94. The lowest BCUT2D eigenvalue weighted by atomic mass is 10.0. The summed E-state index contributed by atoms with van der Waals surface area (Å²) in [5, 5.41) is 2.90. The van der Waals surface area contributed by atoms with E-state index in [1.807, 2.05) is 35.2 Å². The average molecular weight is 350 g/mol. The molecule has 0 fully saturated rings. The van der Waals surface area contributed by atoms with Crippen LogP contribution in [0.3, 0.4) is 0 Å². The quantitative estimate of drug-likeness (QED) is 0.522. The molecular weight excluding hydrogens is 334 g/mol. The number of carbonyl (C=O) groups is 1. The number of aromatic nitrogens is 2. The van der Waals surface area contributed by atoms with Gasteiger partial charge in [-0.2, -0.15) is 0 Å². The van der Waals surface area contributed by atoms with Crippen LogP contribution in [0.25, 0.3) is 21.8 Å². The Kier molecular flexibility index (Phi) is 3.15. The van der Waals surface area contributed by atoms with E-state index in [9.17, 15) is 4.79 Å². The van der Waals surface area contributed by atoms with Crippen LogP contribution in [0.15, 0.2) is 48.5 Å². The number of hydrogen-bond donors (Lipinski definition) is 2. The zero-order chi connectivity index (χ0) is 17.0. The topological polar surface area (TPSA) is 51.9 Å². The maximum atomic E-state index is 12.9. The number of carbonyl (C=O) groups excluding carboxylic acids is 1. The second-order valence-electron chi connectivity index (χ2n) is 6.52. The Labute approximate surface area is 149 Å². The molecule has 5 heteroatoms. The van der Waals surface area contributed by atoms with Crippen LogP contribution in [0.2, 0.25) is 5.02 Å². The van der Waals surface area contributed by atoms with Gasteiger partial charge in [-0.15, -0.1) is 0 Å². The summed E-state index contributed by atoms with van der Waals surface area (Å²) >= 11 is 6.04. The second-order valence-corrected chi connectivity index (χ2v) is 6.96. The molecule has 0 bridgehead atoms. The number of fused-ring (bicyclic) bond motifs is 4. The standard InChI is InChI=1S/C20H16ClN3O/c21-13-5-6-16-12(9-13)10-18(22-16)20(25)24-8-7-15-14-3-1-2-4-17(14)23-19(15)11-24/h1-6,9-10,22-23H,7-8,11H2. The first kappa shape index (κ1) is 14.6. The summed E-state index contributed by atoms with van der Waals surface area (Å²) < 4.78 is 0. The molecule has 2 aromatic carbocycles. The summed E-state index contributed by atoms with van der Waals surface area (Å²) in [6.45, 7) is 1.34. The Balaban J connectivity index is 1.48. The van der Waals surface area contributed by atoms with Gasteiger partial charge >= 0.3 is 0 Å². The van der Waals surface area contributed by atoms with E-state index in [1.165, 1.54) is 10.9 Å². The summed E-state index contributed by atoms with van der Waals surface area (Å²) in [7, 11) is 0. The number of hydrogen-bond acceptors (Lipinski definition) is 1. The smallest absolute Gasteiger partial charge is 0.270 e.